The first kappa shape index (κ1) is 19.7. The molecule has 34 heavy (non-hydrogen) atoms. The molecule has 166 valence electrons. The Morgan fingerprint density at radius 2 is 1.56 bits per heavy atom. The van der Waals surface area contributed by atoms with Crippen LogP contribution >= 0.6 is 0 Å². The van der Waals surface area contributed by atoms with Crippen LogP contribution in [0.4, 0.5) is 0 Å². The maximum Gasteiger partial charge on any atom is 0.287 e. The Kier molecular flexibility index (Phi) is 4.12. The maximum atomic E-state index is 9.91. The van der Waals surface area contributed by atoms with E-state index in [4.69, 9.17) is 4.98 Å². The van der Waals surface area contributed by atoms with E-state index in [1.165, 1.54) is 54.8 Å². The Morgan fingerprint density at radius 1 is 0.853 bits per heavy atom. The zero-order valence-corrected chi connectivity index (χ0v) is 19.4. The minimum Gasteiger partial charge on any atom is -0.396 e. The van der Waals surface area contributed by atoms with Gasteiger partial charge in [0, 0.05) is 30.5 Å². The Bertz CT molecular complexity index is 1760. The lowest BCUT2D eigenvalue weighted by molar-refractivity contribution is -0.716. The molecule has 0 saturated carbocycles. The predicted octanol–water partition coefficient (Wildman–Crippen LogP) is 6.03. The van der Waals surface area contributed by atoms with Crippen LogP contribution in [-0.2, 0) is 7.05 Å². The van der Waals surface area contributed by atoms with Gasteiger partial charge in [0.1, 0.15) is 11.6 Å². The summed E-state index contributed by atoms with van der Waals surface area (Å²) in [6, 6.07) is 26.4. The monoisotopic (exact) mass is 444 g/mol. The van der Waals surface area contributed by atoms with Crippen LogP contribution < -0.4 is 4.57 Å². The second-order valence-electron chi connectivity index (χ2n) is 9.55. The van der Waals surface area contributed by atoms with Crippen molar-refractivity contribution in [3.63, 3.8) is 0 Å². The van der Waals surface area contributed by atoms with Crippen molar-refractivity contribution in [3.8, 4) is 11.3 Å². The predicted molar refractivity (Wildman–Crippen MR) is 138 cm³/mol. The molecule has 6 aromatic rings. The van der Waals surface area contributed by atoms with Crippen LogP contribution in [0.15, 0.2) is 79.1 Å². The summed E-state index contributed by atoms with van der Waals surface area (Å²) < 4.78 is 4.69. The van der Waals surface area contributed by atoms with Crippen molar-refractivity contribution in [2.24, 2.45) is 7.05 Å². The van der Waals surface area contributed by atoms with E-state index in [-0.39, 0.29) is 18.6 Å². The number of aromatic nitrogens is 3. The van der Waals surface area contributed by atoms with Gasteiger partial charge in [0.15, 0.2) is 5.69 Å². The van der Waals surface area contributed by atoms with Crippen molar-refractivity contribution in [3.05, 3.63) is 84.7 Å². The molecule has 1 aliphatic heterocycles. The maximum absolute atomic E-state index is 9.91. The summed E-state index contributed by atoms with van der Waals surface area (Å²) in [7, 11) is 2.18. The van der Waals surface area contributed by atoms with Crippen LogP contribution in [-0.4, -0.2) is 21.3 Å². The normalized spacial score (nSPS) is 17.5. The number of hydrogen-bond donors (Lipinski definition) is 1. The topological polar surface area (TPSA) is 41.9 Å². The van der Waals surface area contributed by atoms with Gasteiger partial charge in [0.25, 0.3) is 6.33 Å². The van der Waals surface area contributed by atoms with Crippen molar-refractivity contribution in [1.82, 2.24) is 9.55 Å². The van der Waals surface area contributed by atoms with Crippen molar-refractivity contribution < 1.29 is 9.67 Å². The van der Waals surface area contributed by atoms with Gasteiger partial charge in [-0.2, -0.15) is 0 Å². The first-order chi connectivity index (χ1) is 16.7. The summed E-state index contributed by atoms with van der Waals surface area (Å²) in [5, 5.41) is 16.1. The fraction of sp³-hybridized carbons (Fsp3) is 0.200. The van der Waals surface area contributed by atoms with Crippen LogP contribution in [0, 0.1) is 0 Å². The van der Waals surface area contributed by atoms with E-state index in [1.807, 2.05) is 6.33 Å². The van der Waals surface area contributed by atoms with Gasteiger partial charge in [-0.05, 0) is 46.1 Å². The first-order valence-corrected chi connectivity index (χ1v) is 12.0. The van der Waals surface area contributed by atoms with Crippen molar-refractivity contribution in [1.29, 1.82) is 0 Å². The summed E-state index contributed by atoms with van der Waals surface area (Å²) in [6.07, 6.45) is 2.75. The molecule has 2 atom stereocenters. The first-order valence-electron chi connectivity index (χ1n) is 12.0. The summed E-state index contributed by atoms with van der Waals surface area (Å²) >= 11 is 0. The minimum absolute atomic E-state index is 0.173. The molecule has 0 spiro atoms. The molecule has 4 aromatic carbocycles. The van der Waals surface area contributed by atoms with Gasteiger partial charge in [0.05, 0.1) is 10.9 Å². The number of aliphatic hydroxyl groups excluding tert-OH is 1. The van der Waals surface area contributed by atoms with E-state index < -0.39 is 0 Å². The van der Waals surface area contributed by atoms with E-state index in [0.717, 1.165) is 11.9 Å². The number of benzene rings is 4. The van der Waals surface area contributed by atoms with Crippen molar-refractivity contribution >= 4 is 43.5 Å². The van der Waals surface area contributed by atoms with Gasteiger partial charge in [-0.3, -0.25) is 0 Å². The molecule has 0 fully saturated rings. The third kappa shape index (κ3) is 2.46. The van der Waals surface area contributed by atoms with Crippen LogP contribution in [0.3, 0.4) is 0 Å². The molecular weight excluding hydrogens is 418 g/mol. The Hall–Kier alpha value is -3.76. The number of aryl methyl sites for hydroxylation is 1. The molecule has 4 nitrogen and oxygen atoms in total. The molecular formula is C30H26N3O+. The zero-order valence-electron chi connectivity index (χ0n) is 19.4. The molecule has 4 heteroatoms. The lowest BCUT2D eigenvalue weighted by Gasteiger charge is -2.31. The van der Waals surface area contributed by atoms with Gasteiger partial charge in [0.2, 0.25) is 5.52 Å². The fourth-order valence-corrected chi connectivity index (χ4v) is 6.31. The summed E-state index contributed by atoms with van der Waals surface area (Å²) in [4.78, 5) is 5.03. The van der Waals surface area contributed by atoms with Gasteiger partial charge in [-0.25, -0.2) is 4.57 Å². The molecule has 0 radical (unpaired) electrons. The van der Waals surface area contributed by atoms with E-state index in [0.29, 0.717) is 0 Å². The number of hydrogen-bond acceptors (Lipinski definition) is 2. The number of rotatable bonds is 2. The number of fused-ring (bicyclic) bond motifs is 11. The molecule has 1 aliphatic rings. The van der Waals surface area contributed by atoms with Crippen molar-refractivity contribution in [2.75, 3.05) is 6.61 Å². The van der Waals surface area contributed by atoms with Crippen molar-refractivity contribution in [2.45, 2.75) is 25.3 Å². The standard InChI is InChI=1S/C30H26N3O/c1-18-21(15-16-34)24-13-11-19-7-3-5-9-22(19)26(24)29-30-27(31-17-33(18)29)25-14-12-20-8-4-6-10-23(20)28(25)32(30)2/h3-14,17-18,21,34H,15-16H2,1-2H3/q+1. The number of aliphatic hydroxyl groups is 1. The highest BCUT2D eigenvalue weighted by molar-refractivity contribution is 6.18. The smallest absolute Gasteiger partial charge is 0.287 e. The summed E-state index contributed by atoms with van der Waals surface area (Å²) in [5.74, 6) is 0.233. The number of nitrogens with zero attached hydrogens (tertiary/aromatic N) is 3. The van der Waals surface area contributed by atoms with E-state index in [9.17, 15) is 5.11 Å². The third-order valence-corrected chi connectivity index (χ3v) is 7.90. The van der Waals surface area contributed by atoms with Gasteiger partial charge in [-0.15, -0.1) is 0 Å². The zero-order chi connectivity index (χ0) is 23.0. The van der Waals surface area contributed by atoms with E-state index in [1.54, 1.807) is 0 Å². The minimum atomic E-state index is 0.173. The van der Waals surface area contributed by atoms with Crippen LogP contribution in [0.2, 0.25) is 0 Å². The Balaban J connectivity index is 1.70. The SMILES string of the molecule is CC1C(CCO)c2ccc3ccccc3c2-c2c3c(nc[n+]21)c1ccc2ccccc2c1n3C. The quantitative estimate of drug-likeness (QED) is 0.332. The lowest BCUT2D eigenvalue weighted by atomic mass is 9.80. The third-order valence-electron chi connectivity index (χ3n) is 7.90. The molecule has 1 N–H and O–H groups in total. The summed E-state index contributed by atoms with van der Waals surface area (Å²) in [5.41, 5.74) is 7.25. The van der Waals surface area contributed by atoms with Crippen LogP contribution in [0.5, 0.6) is 0 Å². The second-order valence-corrected chi connectivity index (χ2v) is 9.55. The van der Waals surface area contributed by atoms with E-state index in [2.05, 4.69) is 95.9 Å². The Labute approximate surface area is 197 Å². The fourth-order valence-electron chi connectivity index (χ4n) is 6.31. The second kappa shape index (κ2) is 7.12. The highest BCUT2D eigenvalue weighted by atomic mass is 16.3. The molecule has 0 bridgehead atoms. The molecule has 0 aliphatic carbocycles. The van der Waals surface area contributed by atoms with Crippen LogP contribution in [0.25, 0.3) is 54.7 Å². The molecule has 0 saturated heterocycles. The molecule has 7 rings (SSSR count). The molecule has 3 heterocycles. The van der Waals surface area contributed by atoms with Gasteiger partial charge < -0.3 is 9.67 Å². The molecule has 2 aromatic heterocycles. The largest absolute Gasteiger partial charge is 0.396 e. The van der Waals surface area contributed by atoms with E-state index >= 15 is 0 Å². The highest BCUT2D eigenvalue weighted by Gasteiger charge is 2.38. The molecule has 0 amide bonds. The Morgan fingerprint density at radius 3 is 2.35 bits per heavy atom. The summed E-state index contributed by atoms with van der Waals surface area (Å²) in [6.45, 7) is 2.43. The van der Waals surface area contributed by atoms with Crippen LogP contribution in [0.1, 0.15) is 30.9 Å². The van der Waals surface area contributed by atoms with Gasteiger partial charge >= 0.3 is 0 Å². The molecule has 2 unspecified atom stereocenters. The van der Waals surface area contributed by atoms with Gasteiger partial charge in [-0.1, -0.05) is 66.7 Å². The highest BCUT2D eigenvalue weighted by Crippen LogP contribution is 2.46. The average molecular weight is 445 g/mol. The average Bonchev–Trinajstić information content (AvgIpc) is 3.18. The lowest BCUT2D eigenvalue weighted by Crippen LogP contribution is -2.47.